The molecule has 6 nitrogen and oxygen atoms in total. The number of imide groups is 1. The van der Waals surface area contributed by atoms with Crippen LogP contribution in [-0.4, -0.2) is 46.4 Å². The first-order valence-electron chi connectivity index (χ1n) is 6.95. The Balaban J connectivity index is 2.09. The van der Waals surface area contributed by atoms with E-state index in [1.165, 1.54) is 4.90 Å². The van der Waals surface area contributed by atoms with E-state index < -0.39 is 0 Å². The Bertz CT molecular complexity index is 472. The number of rotatable bonds is 6. The third-order valence-electron chi connectivity index (χ3n) is 4.04. The maximum absolute atomic E-state index is 12.4. The van der Waals surface area contributed by atoms with E-state index in [-0.39, 0.29) is 29.8 Å². The average Bonchev–Trinajstić information content (AvgIpc) is 3.03. The SMILES string of the molecule is CCC1C(=O)N(CCc2cnc[nH]2)C(=O)C1C(C)OC. The molecule has 1 N–H and O–H groups in total. The molecular formula is C14H21N3O3. The molecule has 0 aromatic carbocycles. The molecule has 110 valence electrons. The standard InChI is InChI=1S/C14H21N3O3/c1-4-11-12(9(2)20-3)14(19)17(13(11)18)6-5-10-7-15-8-16-10/h7-9,11-12H,4-6H2,1-3H3,(H,15,16). The molecule has 3 unspecified atom stereocenters. The maximum Gasteiger partial charge on any atom is 0.235 e. The predicted molar refractivity (Wildman–Crippen MR) is 72.8 cm³/mol. The fourth-order valence-corrected chi connectivity index (χ4v) is 2.79. The van der Waals surface area contributed by atoms with Gasteiger partial charge in [0.05, 0.1) is 24.3 Å². The molecule has 6 heteroatoms. The molecule has 0 aliphatic carbocycles. The van der Waals surface area contributed by atoms with Crippen LogP contribution in [-0.2, 0) is 20.7 Å². The monoisotopic (exact) mass is 279 g/mol. The normalized spacial score (nSPS) is 24.4. The van der Waals surface area contributed by atoms with E-state index >= 15 is 0 Å². The van der Waals surface area contributed by atoms with Gasteiger partial charge in [-0.05, 0) is 13.3 Å². The number of carbonyl (C=O) groups excluding carboxylic acids is 2. The number of ether oxygens (including phenoxy) is 1. The Morgan fingerprint density at radius 3 is 2.75 bits per heavy atom. The van der Waals surface area contributed by atoms with Crippen LogP contribution in [0.15, 0.2) is 12.5 Å². The number of aromatic nitrogens is 2. The highest BCUT2D eigenvalue weighted by atomic mass is 16.5. The smallest absolute Gasteiger partial charge is 0.235 e. The van der Waals surface area contributed by atoms with Crippen molar-refractivity contribution in [3.8, 4) is 0 Å². The van der Waals surface area contributed by atoms with Crippen LogP contribution in [0, 0.1) is 11.8 Å². The lowest BCUT2D eigenvalue weighted by Gasteiger charge is -2.19. The number of amides is 2. The van der Waals surface area contributed by atoms with E-state index in [0.717, 1.165) is 5.69 Å². The highest BCUT2D eigenvalue weighted by Crippen LogP contribution is 2.32. The van der Waals surface area contributed by atoms with E-state index in [2.05, 4.69) is 9.97 Å². The fourth-order valence-electron chi connectivity index (χ4n) is 2.79. The summed E-state index contributed by atoms with van der Waals surface area (Å²) in [5.74, 6) is -0.819. The molecule has 1 fully saturated rings. The van der Waals surface area contributed by atoms with Crippen LogP contribution < -0.4 is 0 Å². The lowest BCUT2D eigenvalue weighted by Crippen LogP contribution is -2.35. The van der Waals surface area contributed by atoms with Gasteiger partial charge in [-0.2, -0.15) is 0 Å². The first-order chi connectivity index (χ1) is 9.60. The molecule has 0 spiro atoms. The number of H-pyrrole nitrogens is 1. The minimum absolute atomic E-state index is 0.0779. The van der Waals surface area contributed by atoms with E-state index in [9.17, 15) is 9.59 Å². The number of nitrogens with one attached hydrogen (secondary N) is 1. The van der Waals surface area contributed by atoms with Gasteiger partial charge in [0.1, 0.15) is 0 Å². The van der Waals surface area contributed by atoms with Gasteiger partial charge in [-0.15, -0.1) is 0 Å². The molecule has 1 aliphatic rings. The highest BCUT2D eigenvalue weighted by Gasteiger charge is 2.48. The maximum atomic E-state index is 12.4. The molecular weight excluding hydrogens is 258 g/mol. The number of imidazole rings is 1. The Labute approximate surface area is 118 Å². The molecule has 1 aliphatic heterocycles. The molecule has 2 heterocycles. The average molecular weight is 279 g/mol. The third kappa shape index (κ3) is 2.60. The summed E-state index contributed by atoms with van der Waals surface area (Å²) in [5.41, 5.74) is 0.918. The van der Waals surface area contributed by atoms with Gasteiger partial charge in [-0.3, -0.25) is 14.5 Å². The molecule has 20 heavy (non-hydrogen) atoms. The minimum atomic E-state index is -0.362. The molecule has 0 radical (unpaired) electrons. The van der Waals surface area contributed by atoms with E-state index in [4.69, 9.17) is 4.74 Å². The van der Waals surface area contributed by atoms with Crippen LogP contribution in [0.5, 0.6) is 0 Å². The number of aromatic amines is 1. The summed E-state index contributed by atoms with van der Waals surface area (Å²) >= 11 is 0. The molecule has 1 aromatic rings. The molecule has 2 amide bonds. The van der Waals surface area contributed by atoms with Gasteiger partial charge < -0.3 is 9.72 Å². The van der Waals surface area contributed by atoms with Crippen LogP contribution in [0.3, 0.4) is 0 Å². The Hall–Kier alpha value is -1.69. The Morgan fingerprint density at radius 2 is 2.20 bits per heavy atom. The van der Waals surface area contributed by atoms with E-state index in [1.54, 1.807) is 19.6 Å². The van der Waals surface area contributed by atoms with Gasteiger partial charge >= 0.3 is 0 Å². The molecule has 3 atom stereocenters. The van der Waals surface area contributed by atoms with E-state index in [1.807, 2.05) is 13.8 Å². The summed E-state index contributed by atoms with van der Waals surface area (Å²) in [5, 5.41) is 0. The minimum Gasteiger partial charge on any atom is -0.381 e. The van der Waals surface area contributed by atoms with Crippen LogP contribution in [0.4, 0.5) is 0 Å². The number of hydrogen-bond acceptors (Lipinski definition) is 4. The predicted octanol–water partition coefficient (Wildman–Crippen LogP) is 0.998. The van der Waals surface area contributed by atoms with Crippen molar-refractivity contribution < 1.29 is 14.3 Å². The molecule has 1 saturated heterocycles. The van der Waals surface area contributed by atoms with Crippen LogP contribution in [0.25, 0.3) is 0 Å². The van der Waals surface area contributed by atoms with Crippen LogP contribution >= 0.6 is 0 Å². The van der Waals surface area contributed by atoms with Crippen molar-refractivity contribution in [2.75, 3.05) is 13.7 Å². The quantitative estimate of drug-likeness (QED) is 0.788. The zero-order valence-corrected chi connectivity index (χ0v) is 12.1. The zero-order chi connectivity index (χ0) is 14.7. The molecule has 0 saturated carbocycles. The topological polar surface area (TPSA) is 75.3 Å². The number of carbonyl (C=O) groups is 2. The highest BCUT2D eigenvalue weighted by molar-refractivity contribution is 6.05. The largest absolute Gasteiger partial charge is 0.381 e. The Morgan fingerprint density at radius 1 is 1.45 bits per heavy atom. The number of methoxy groups -OCH3 is 1. The summed E-state index contributed by atoms with van der Waals surface area (Å²) < 4.78 is 5.27. The van der Waals surface area contributed by atoms with Crippen molar-refractivity contribution in [1.82, 2.24) is 14.9 Å². The van der Waals surface area contributed by atoms with Gasteiger partial charge in [-0.25, -0.2) is 4.98 Å². The fraction of sp³-hybridized carbons (Fsp3) is 0.643. The zero-order valence-electron chi connectivity index (χ0n) is 12.1. The summed E-state index contributed by atoms with van der Waals surface area (Å²) in [6.07, 6.45) is 4.31. The summed E-state index contributed by atoms with van der Waals surface area (Å²) in [6, 6.07) is 0. The molecule has 2 rings (SSSR count). The lowest BCUT2D eigenvalue weighted by molar-refractivity contribution is -0.140. The van der Waals surface area contributed by atoms with Crippen molar-refractivity contribution in [3.63, 3.8) is 0 Å². The second kappa shape index (κ2) is 6.17. The van der Waals surface area contributed by atoms with Crippen molar-refractivity contribution >= 4 is 11.8 Å². The van der Waals surface area contributed by atoms with Crippen molar-refractivity contribution in [3.05, 3.63) is 18.2 Å². The van der Waals surface area contributed by atoms with Gasteiger partial charge in [0.25, 0.3) is 0 Å². The first-order valence-corrected chi connectivity index (χ1v) is 6.95. The molecule has 1 aromatic heterocycles. The summed E-state index contributed by atoms with van der Waals surface area (Å²) in [7, 11) is 1.57. The van der Waals surface area contributed by atoms with Gasteiger partial charge in [-0.1, -0.05) is 6.92 Å². The lowest BCUT2D eigenvalue weighted by atomic mass is 9.88. The number of nitrogens with zero attached hydrogens (tertiary/aromatic N) is 2. The second-order valence-corrected chi connectivity index (χ2v) is 5.14. The van der Waals surface area contributed by atoms with Crippen LogP contribution in [0.2, 0.25) is 0 Å². The van der Waals surface area contributed by atoms with Crippen LogP contribution in [0.1, 0.15) is 26.0 Å². The first kappa shape index (κ1) is 14.7. The number of hydrogen-bond donors (Lipinski definition) is 1. The Kier molecular flexibility index (Phi) is 4.54. The summed E-state index contributed by atoms with van der Waals surface area (Å²) in [6.45, 7) is 4.17. The third-order valence-corrected chi connectivity index (χ3v) is 4.04. The van der Waals surface area contributed by atoms with Gasteiger partial charge in [0, 0.05) is 32.0 Å². The van der Waals surface area contributed by atoms with Crippen molar-refractivity contribution in [2.24, 2.45) is 11.8 Å². The van der Waals surface area contributed by atoms with Crippen molar-refractivity contribution in [2.45, 2.75) is 32.8 Å². The number of likely N-dealkylation sites (tertiary alicyclic amines) is 1. The second-order valence-electron chi connectivity index (χ2n) is 5.14. The van der Waals surface area contributed by atoms with Gasteiger partial charge in [0.2, 0.25) is 11.8 Å². The van der Waals surface area contributed by atoms with E-state index in [0.29, 0.717) is 19.4 Å². The van der Waals surface area contributed by atoms with Crippen molar-refractivity contribution in [1.29, 1.82) is 0 Å². The summed E-state index contributed by atoms with van der Waals surface area (Å²) in [4.78, 5) is 33.1. The molecule has 0 bridgehead atoms. The van der Waals surface area contributed by atoms with Gasteiger partial charge in [0.15, 0.2) is 0 Å².